The summed E-state index contributed by atoms with van der Waals surface area (Å²) in [4.78, 5) is 14.0. The Hall–Kier alpha value is -2.86. The lowest BCUT2D eigenvalue weighted by atomic mass is 9.76. The number of hydrogen-bond acceptors (Lipinski definition) is 4. The molecule has 0 bridgehead atoms. The van der Waals surface area contributed by atoms with E-state index in [0.29, 0.717) is 0 Å². The smallest absolute Gasteiger partial charge is 0.270 e. The van der Waals surface area contributed by atoms with Gasteiger partial charge < -0.3 is 14.1 Å². The molecule has 1 spiro atoms. The molecule has 0 amide bonds. The monoisotopic (exact) mass is 520 g/mol. The first-order valence-electron chi connectivity index (χ1n) is 14.5. The lowest BCUT2D eigenvalue weighted by Gasteiger charge is -2.46. The molecule has 206 valence electrons. The highest BCUT2D eigenvalue weighted by atomic mass is 16.6. The molecule has 1 unspecified atom stereocenters. The van der Waals surface area contributed by atoms with Crippen molar-refractivity contribution in [2.24, 2.45) is 0 Å². The van der Waals surface area contributed by atoms with Gasteiger partial charge in [-0.1, -0.05) is 58.2 Å². The summed E-state index contributed by atoms with van der Waals surface area (Å²) < 4.78 is 8.08. The number of benzene rings is 2. The summed E-state index contributed by atoms with van der Waals surface area (Å²) >= 11 is 0. The predicted molar refractivity (Wildman–Crippen MR) is 157 cm³/mol. The number of ether oxygens (including phenoxy) is 1. The number of para-hydroxylation sites is 1. The second-order valence-corrected chi connectivity index (χ2v) is 11.8. The van der Waals surface area contributed by atoms with E-state index in [1.54, 1.807) is 12.1 Å². The number of nitrogens with zero attached hydrogens (tertiary/aromatic N) is 3. The highest BCUT2D eigenvalue weighted by Gasteiger charge is 2.58. The summed E-state index contributed by atoms with van der Waals surface area (Å²) in [5.74, 6) is 0.804. The van der Waals surface area contributed by atoms with E-state index < -0.39 is 5.72 Å². The van der Waals surface area contributed by atoms with Gasteiger partial charge in [0.05, 0.1) is 35.5 Å². The van der Waals surface area contributed by atoms with Gasteiger partial charge in [-0.2, -0.15) is 0 Å². The number of likely N-dealkylation sites (N-methyl/N-ethyl adjacent to an activating group) is 1. The molecule has 2 aromatic rings. The van der Waals surface area contributed by atoms with E-state index in [-0.39, 0.29) is 16.0 Å². The maximum Gasteiger partial charge on any atom is 0.270 e. The highest BCUT2D eigenvalue weighted by Crippen LogP contribution is 2.55. The Labute approximate surface area is 229 Å². The average molecular weight is 521 g/mol. The molecule has 0 aromatic heterocycles. The number of hydrogen-bond donors (Lipinski definition) is 0. The van der Waals surface area contributed by atoms with Gasteiger partial charge in [-0.25, -0.2) is 0 Å². The van der Waals surface area contributed by atoms with Gasteiger partial charge in [-0.3, -0.25) is 10.1 Å². The van der Waals surface area contributed by atoms with Crippen LogP contribution in [0, 0.1) is 10.1 Å². The minimum Gasteiger partial charge on any atom is -0.462 e. The van der Waals surface area contributed by atoms with E-state index in [2.05, 4.69) is 83.0 Å². The second kappa shape index (κ2) is 11.1. The highest BCUT2D eigenvalue weighted by molar-refractivity contribution is 5.73. The lowest BCUT2D eigenvalue weighted by Crippen LogP contribution is -2.58. The van der Waals surface area contributed by atoms with Crippen molar-refractivity contribution in [3.8, 4) is 5.75 Å². The molecule has 2 aliphatic heterocycles. The Kier molecular flexibility index (Phi) is 8.22. The maximum atomic E-state index is 12.0. The summed E-state index contributed by atoms with van der Waals surface area (Å²) in [5.41, 5.74) is 3.29. The van der Waals surface area contributed by atoms with Crippen molar-refractivity contribution in [2.45, 2.75) is 90.8 Å². The van der Waals surface area contributed by atoms with Crippen LogP contribution in [0.25, 0.3) is 6.08 Å². The standard InChI is InChI=1S/C32H46N3O3/c1-7-10-19-35(20-11-8-2,21-12-9-3)24-26-23-27(34(36)37)22-25-17-18-32(38-30(25)26)31(4,5)28-15-13-14-16-29(28)33(32)6/h13-18,22-23H,7-12,19-21,24H2,1-6H3/q+1. The minimum atomic E-state index is -0.708. The molecule has 6 heteroatoms. The normalized spacial score (nSPS) is 19.4. The quantitative estimate of drug-likeness (QED) is 0.162. The zero-order valence-corrected chi connectivity index (χ0v) is 24.3. The van der Waals surface area contributed by atoms with Crippen molar-refractivity contribution in [1.82, 2.24) is 0 Å². The summed E-state index contributed by atoms with van der Waals surface area (Å²) in [6.07, 6.45) is 11.1. The van der Waals surface area contributed by atoms with Crippen LogP contribution in [0.15, 0.2) is 42.5 Å². The Morgan fingerprint density at radius 1 is 0.974 bits per heavy atom. The van der Waals surface area contributed by atoms with Crippen molar-refractivity contribution in [3.05, 3.63) is 69.3 Å². The molecule has 0 saturated heterocycles. The van der Waals surface area contributed by atoms with E-state index >= 15 is 0 Å². The molecule has 2 aromatic carbocycles. The topological polar surface area (TPSA) is 55.6 Å². The van der Waals surface area contributed by atoms with Gasteiger partial charge >= 0.3 is 0 Å². The maximum absolute atomic E-state index is 12.0. The van der Waals surface area contributed by atoms with Crippen LogP contribution in [0.3, 0.4) is 0 Å². The Morgan fingerprint density at radius 3 is 2.13 bits per heavy atom. The average Bonchev–Trinajstić information content (AvgIpc) is 3.07. The predicted octanol–water partition coefficient (Wildman–Crippen LogP) is 7.84. The number of unbranched alkanes of at least 4 members (excludes halogenated alkanes) is 3. The SMILES string of the molecule is CCCC[N+](CCCC)(CCCC)Cc1cc([N+](=O)[O-])cc2c1OC1(C=C2)N(C)c2ccccc2C1(C)C. The number of nitro benzene ring substituents is 1. The summed E-state index contributed by atoms with van der Waals surface area (Å²) in [5, 5.41) is 12.0. The summed E-state index contributed by atoms with van der Waals surface area (Å²) in [6.45, 7) is 15.2. The first-order valence-corrected chi connectivity index (χ1v) is 14.5. The minimum absolute atomic E-state index is 0.143. The van der Waals surface area contributed by atoms with Crippen LogP contribution in [0.4, 0.5) is 11.4 Å². The van der Waals surface area contributed by atoms with Crippen LogP contribution >= 0.6 is 0 Å². The Bertz CT molecular complexity index is 1170. The molecule has 38 heavy (non-hydrogen) atoms. The van der Waals surface area contributed by atoms with Gasteiger partial charge in [-0.15, -0.1) is 0 Å². The van der Waals surface area contributed by atoms with Crippen LogP contribution in [-0.2, 0) is 12.0 Å². The fraction of sp³-hybridized carbons (Fsp3) is 0.562. The molecular formula is C32H46N3O3+. The summed E-state index contributed by atoms with van der Waals surface area (Å²) in [6, 6.07) is 12.0. The number of rotatable bonds is 12. The molecule has 0 fully saturated rings. The van der Waals surface area contributed by atoms with Gasteiger partial charge in [0.2, 0.25) is 5.72 Å². The molecule has 6 nitrogen and oxygen atoms in total. The third kappa shape index (κ3) is 4.84. The first-order chi connectivity index (χ1) is 18.1. The van der Waals surface area contributed by atoms with Gasteiger partial charge in [0, 0.05) is 30.4 Å². The first kappa shape index (κ1) is 28.2. The molecule has 2 heterocycles. The zero-order valence-electron chi connectivity index (χ0n) is 24.3. The van der Waals surface area contributed by atoms with Crippen LogP contribution in [-0.4, -0.2) is 41.8 Å². The van der Waals surface area contributed by atoms with Crippen LogP contribution in [0.5, 0.6) is 5.75 Å². The van der Waals surface area contributed by atoms with E-state index in [1.807, 2.05) is 0 Å². The molecular weight excluding hydrogens is 474 g/mol. The number of non-ortho nitro benzene ring substituents is 1. The largest absolute Gasteiger partial charge is 0.462 e. The lowest BCUT2D eigenvalue weighted by molar-refractivity contribution is -0.941. The van der Waals surface area contributed by atoms with Crippen LogP contribution in [0.2, 0.25) is 0 Å². The number of quaternary nitrogens is 1. The van der Waals surface area contributed by atoms with Crippen molar-refractivity contribution in [2.75, 3.05) is 31.6 Å². The van der Waals surface area contributed by atoms with Crippen LogP contribution < -0.4 is 9.64 Å². The Balaban J connectivity index is 1.83. The van der Waals surface area contributed by atoms with E-state index in [9.17, 15) is 10.1 Å². The molecule has 4 rings (SSSR count). The third-order valence-corrected chi connectivity index (χ3v) is 8.93. The molecule has 0 radical (unpaired) electrons. The van der Waals surface area contributed by atoms with Crippen molar-refractivity contribution < 1.29 is 14.1 Å². The molecule has 0 saturated carbocycles. The molecule has 2 aliphatic rings. The number of anilines is 1. The third-order valence-electron chi connectivity index (χ3n) is 8.93. The van der Waals surface area contributed by atoms with Gasteiger partial charge in [0.15, 0.2) is 0 Å². The van der Waals surface area contributed by atoms with E-state index in [0.717, 1.165) is 91.8 Å². The number of nitro groups is 1. The van der Waals surface area contributed by atoms with Crippen molar-refractivity contribution in [3.63, 3.8) is 0 Å². The fourth-order valence-corrected chi connectivity index (χ4v) is 6.58. The molecule has 0 N–H and O–H groups in total. The van der Waals surface area contributed by atoms with Gasteiger partial charge in [0.1, 0.15) is 12.3 Å². The number of fused-ring (bicyclic) bond motifs is 2. The Morgan fingerprint density at radius 2 is 1.58 bits per heavy atom. The zero-order chi connectivity index (χ0) is 27.6. The molecule has 1 atom stereocenters. The van der Waals surface area contributed by atoms with Crippen molar-refractivity contribution in [1.29, 1.82) is 0 Å². The molecule has 0 aliphatic carbocycles. The van der Waals surface area contributed by atoms with Crippen LogP contribution in [0.1, 0.15) is 89.8 Å². The van der Waals surface area contributed by atoms with Crippen molar-refractivity contribution >= 4 is 17.5 Å². The fourth-order valence-electron chi connectivity index (χ4n) is 6.58. The summed E-state index contributed by atoms with van der Waals surface area (Å²) in [7, 11) is 2.10. The van der Waals surface area contributed by atoms with E-state index in [1.165, 1.54) is 5.56 Å². The van der Waals surface area contributed by atoms with Gasteiger partial charge in [-0.05, 0) is 56.9 Å². The van der Waals surface area contributed by atoms with Gasteiger partial charge in [0.25, 0.3) is 5.69 Å². The van der Waals surface area contributed by atoms with E-state index in [4.69, 9.17) is 4.74 Å². The second-order valence-electron chi connectivity index (χ2n) is 11.8.